The van der Waals surface area contributed by atoms with Crippen LogP contribution in [-0.4, -0.2) is 26.6 Å². The molecular formula is C15H18N2O2S. The van der Waals surface area contributed by atoms with Gasteiger partial charge in [0, 0.05) is 0 Å². The van der Waals surface area contributed by atoms with E-state index in [-0.39, 0.29) is 5.75 Å². The molecule has 1 heterocycles. The van der Waals surface area contributed by atoms with Crippen molar-refractivity contribution in [3.63, 3.8) is 0 Å². The second kappa shape index (κ2) is 6.61. The third-order valence-corrected chi connectivity index (χ3v) is 4.10. The number of aryl methyl sites for hydroxylation is 2. The second-order valence-corrected chi connectivity index (χ2v) is 5.59. The van der Waals surface area contributed by atoms with Crippen molar-refractivity contribution in [2.45, 2.75) is 31.8 Å². The SMILES string of the molecule is CCc1cc(SCC(=O)O)n(Cc2ccccc2C)n1. The van der Waals surface area contributed by atoms with Gasteiger partial charge in [-0.2, -0.15) is 5.10 Å². The fourth-order valence-electron chi connectivity index (χ4n) is 1.94. The van der Waals surface area contributed by atoms with Crippen LogP contribution in [0.1, 0.15) is 23.7 Å². The van der Waals surface area contributed by atoms with Crippen LogP contribution in [0.15, 0.2) is 35.4 Å². The van der Waals surface area contributed by atoms with Crippen LogP contribution in [0.25, 0.3) is 0 Å². The fraction of sp³-hybridized carbons (Fsp3) is 0.333. The molecule has 0 aliphatic heterocycles. The summed E-state index contributed by atoms with van der Waals surface area (Å²) in [5.41, 5.74) is 3.41. The Morgan fingerprint density at radius 2 is 2.15 bits per heavy atom. The summed E-state index contributed by atoms with van der Waals surface area (Å²) in [6.45, 7) is 4.80. The minimum absolute atomic E-state index is 0.0582. The third-order valence-electron chi connectivity index (χ3n) is 3.08. The van der Waals surface area contributed by atoms with Crippen molar-refractivity contribution in [1.29, 1.82) is 0 Å². The van der Waals surface area contributed by atoms with Gasteiger partial charge >= 0.3 is 5.97 Å². The molecule has 1 N–H and O–H groups in total. The van der Waals surface area contributed by atoms with Gasteiger partial charge in [0.2, 0.25) is 0 Å². The first kappa shape index (κ1) is 14.7. The molecule has 0 spiro atoms. The van der Waals surface area contributed by atoms with Crippen LogP contribution in [0.4, 0.5) is 0 Å². The van der Waals surface area contributed by atoms with E-state index in [1.165, 1.54) is 22.9 Å². The molecule has 0 unspecified atom stereocenters. The quantitative estimate of drug-likeness (QED) is 0.831. The first-order chi connectivity index (χ1) is 9.60. The Morgan fingerprint density at radius 3 is 2.80 bits per heavy atom. The van der Waals surface area contributed by atoms with E-state index in [0.29, 0.717) is 6.54 Å². The molecule has 1 aromatic heterocycles. The minimum atomic E-state index is -0.809. The summed E-state index contributed by atoms with van der Waals surface area (Å²) in [5.74, 6) is -0.750. The number of benzene rings is 1. The predicted molar refractivity (Wildman–Crippen MR) is 80.2 cm³/mol. The minimum Gasteiger partial charge on any atom is -0.481 e. The van der Waals surface area contributed by atoms with Crippen LogP contribution in [0.3, 0.4) is 0 Å². The van der Waals surface area contributed by atoms with Crippen LogP contribution in [0.2, 0.25) is 0 Å². The molecule has 0 saturated heterocycles. The molecule has 5 heteroatoms. The Kier molecular flexibility index (Phi) is 4.84. The second-order valence-electron chi connectivity index (χ2n) is 4.59. The monoisotopic (exact) mass is 290 g/mol. The van der Waals surface area contributed by atoms with Gasteiger partial charge < -0.3 is 5.11 Å². The summed E-state index contributed by atoms with van der Waals surface area (Å²) in [4.78, 5) is 10.7. The lowest BCUT2D eigenvalue weighted by Gasteiger charge is -2.08. The number of hydrogen-bond acceptors (Lipinski definition) is 3. The highest BCUT2D eigenvalue weighted by Gasteiger charge is 2.10. The summed E-state index contributed by atoms with van der Waals surface area (Å²) in [5, 5.41) is 14.3. The molecule has 0 atom stereocenters. The molecule has 0 fully saturated rings. The normalized spacial score (nSPS) is 10.7. The van der Waals surface area contributed by atoms with Gasteiger partial charge in [0.05, 0.1) is 23.0 Å². The van der Waals surface area contributed by atoms with Gasteiger partial charge in [-0.05, 0) is 30.5 Å². The van der Waals surface area contributed by atoms with Gasteiger partial charge in [-0.25, -0.2) is 0 Å². The topological polar surface area (TPSA) is 55.1 Å². The van der Waals surface area contributed by atoms with E-state index in [1.54, 1.807) is 0 Å². The van der Waals surface area contributed by atoms with Crippen molar-refractivity contribution in [2.24, 2.45) is 0 Å². The summed E-state index contributed by atoms with van der Waals surface area (Å²) < 4.78 is 1.90. The molecule has 1 aromatic carbocycles. The Bertz CT molecular complexity index is 608. The zero-order valence-electron chi connectivity index (χ0n) is 11.7. The Balaban J connectivity index is 2.23. The van der Waals surface area contributed by atoms with Gasteiger partial charge in [-0.15, -0.1) is 0 Å². The molecule has 20 heavy (non-hydrogen) atoms. The van der Waals surface area contributed by atoms with Crippen molar-refractivity contribution >= 4 is 17.7 Å². The highest BCUT2D eigenvalue weighted by Crippen LogP contribution is 2.21. The van der Waals surface area contributed by atoms with Gasteiger partial charge in [-0.3, -0.25) is 9.48 Å². The van der Waals surface area contributed by atoms with E-state index in [2.05, 4.69) is 24.2 Å². The van der Waals surface area contributed by atoms with E-state index in [4.69, 9.17) is 5.11 Å². The van der Waals surface area contributed by atoms with Crippen molar-refractivity contribution in [3.05, 3.63) is 47.2 Å². The molecule has 0 amide bonds. The maximum Gasteiger partial charge on any atom is 0.313 e. The molecule has 0 aliphatic carbocycles. The highest BCUT2D eigenvalue weighted by atomic mass is 32.2. The fourth-order valence-corrected chi connectivity index (χ4v) is 2.68. The number of nitrogens with zero attached hydrogens (tertiary/aromatic N) is 2. The molecule has 0 aliphatic rings. The van der Waals surface area contributed by atoms with Crippen molar-refractivity contribution in [2.75, 3.05) is 5.75 Å². The Morgan fingerprint density at radius 1 is 1.40 bits per heavy atom. The van der Waals surface area contributed by atoms with Crippen molar-refractivity contribution < 1.29 is 9.90 Å². The van der Waals surface area contributed by atoms with Crippen LogP contribution < -0.4 is 0 Å². The number of hydrogen-bond donors (Lipinski definition) is 1. The molecule has 0 saturated carbocycles. The van der Waals surface area contributed by atoms with Crippen LogP contribution in [0, 0.1) is 6.92 Å². The Labute approximate surface area is 122 Å². The molecule has 4 nitrogen and oxygen atoms in total. The van der Waals surface area contributed by atoms with E-state index >= 15 is 0 Å². The third kappa shape index (κ3) is 3.63. The number of carbonyl (C=O) groups is 1. The van der Waals surface area contributed by atoms with Crippen LogP contribution in [-0.2, 0) is 17.8 Å². The number of carboxylic acid groups (broad SMARTS) is 1. The van der Waals surface area contributed by atoms with Crippen molar-refractivity contribution in [3.8, 4) is 0 Å². The molecular weight excluding hydrogens is 272 g/mol. The highest BCUT2D eigenvalue weighted by molar-refractivity contribution is 7.99. The van der Waals surface area contributed by atoms with Crippen LogP contribution >= 0.6 is 11.8 Å². The first-order valence-electron chi connectivity index (χ1n) is 6.56. The summed E-state index contributed by atoms with van der Waals surface area (Å²) in [6, 6.07) is 10.2. The summed E-state index contributed by atoms with van der Waals surface area (Å²) >= 11 is 1.32. The van der Waals surface area contributed by atoms with Crippen LogP contribution in [0.5, 0.6) is 0 Å². The van der Waals surface area contributed by atoms with Gasteiger partial charge in [0.1, 0.15) is 0 Å². The lowest BCUT2D eigenvalue weighted by atomic mass is 10.1. The zero-order valence-corrected chi connectivity index (χ0v) is 12.5. The van der Waals surface area contributed by atoms with Gasteiger partial charge in [-0.1, -0.05) is 43.0 Å². The largest absolute Gasteiger partial charge is 0.481 e. The Hall–Kier alpha value is -1.75. The van der Waals surface area contributed by atoms with E-state index < -0.39 is 5.97 Å². The predicted octanol–water partition coefficient (Wildman–Crippen LogP) is 2.98. The average molecular weight is 290 g/mol. The van der Waals surface area contributed by atoms with Gasteiger partial charge in [0.25, 0.3) is 0 Å². The molecule has 0 radical (unpaired) electrons. The maximum absolute atomic E-state index is 10.7. The number of rotatable bonds is 6. The number of aliphatic carboxylic acids is 1. The standard InChI is InChI=1S/C15H18N2O2S/c1-3-13-8-14(20-10-15(18)19)17(16-13)9-12-7-5-4-6-11(12)2/h4-8H,3,9-10H2,1-2H3,(H,18,19). The number of aromatic nitrogens is 2. The summed E-state index contributed by atoms with van der Waals surface area (Å²) in [6.07, 6.45) is 0.849. The van der Waals surface area contributed by atoms with Crippen molar-refractivity contribution in [1.82, 2.24) is 9.78 Å². The number of carboxylic acids is 1. The lowest BCUT2D eigenvalue weighted by molar-refractivity contribution is -0.133. The average Bonchev–Trinajstić information content (AvgIpc) is 2.81. The summed E-state index contributed by atoms with van der Waals surface area (Å²) in [7, 11) is 0. The van der Waals surface area contributed by atoms with E-state index in [0.717, 1.165) is 17.1 Å². The number of thioether (sulfide) groups is 1. The molecule has 106 valence electrons. The molecule has 0 bridgehead atoms. The van der Waals surface area contributed by atoms with E-state index in [1.807, 2.05) is 29.8 Å². The van der Waals surface area contributed by atoms with Gasteiger partial charge in [0.15, 0.2) is 0 Å². The lowest BCUT2D eigenvalue weighted by Crippen LogP contribution is -2.06. The molecule has 2 aromatic rings. The first-order valence-corrected chi connectivity index (χ1v) is 7.54. The smallest absolute Gasteiger partial charge is 0.313 e. The maximum atomic E-state index is 10.7. The molecule has 2 rings (SSSR count). The van der Waals surface area contributed by atoms with E-state index in [9.17, 15) is 4.79 Å². The zero-order chi connectivity index (χ0) is 14.5.